The third-order valence-corrected chi connectivity index (χ3v) is 17.8. The molecular weight excluding hydrogens is 1050 g/mol. The number of nitrogens with zero attached hydrogens (tertiary/aromatic N) is 12. The highest BCUT2D eigenvalue weighted by atomic mass is 35.5. The zero-order chi connectivity index (χ0) is 56.5. The Morgan fingerprint density at radius 1 is 0.877 bits per heavy atom. The summed E-state index contributed by atoms with van der Waals surface area (Å²) in [5, 5.41) is 40.4. The number of phenols is 2. The van der Waals surface area contributed by atoms with E-state index in [-0.39, 0.29) is 59.5 Å². The Labute approximate surface area is 477 Å². The predicted octanol–water partition coefficient (Wildman–Crippen LogP) is 6.94. The molecule has 20 heteroatoms. The zero-order valence-corrected chi connectivity index (χ0v) is 47.3. The van der Waals surface area contributed by atoms with Gasteiger partial charge in [0.15, 0.2) is 5.82 Å². The van der Waals surface area contributed by atoms with E-state index in [1.54, 1.807) is 11.0 Å². The van der Waals surface area contributed by atoms with Crippen LogP contribution in [0.1, 0.15) is 74.3 Å². The summed E-state index contributed by atoms with van der Waals surface area (Å²) in [7, 11) is 2.19. The molecule has 2 aromatic heterocycles. The maximum Gasteiger partial charge on any atom is 0.348 e. The van der Waals surface area contributed by atoms with Gasteiger partial charge in [0.2, 0.25) is 11.8 Å². The van der Waals surface area contributed by atoms with Gasteiger partial charge in [-0.3, -0.25) is 24.3 Å². The molecule has 5 aliphatic heterocycles. The van der Waals surface area contributed by atoms with Gasteiger partial charge >= 0.3 is 11.7 Å². The summed E-state index contributed by atoms with van der Waals surface area (Å²) in [6.45, 7) is 17.2. The van der Waals surface area contributed by atoms with Crippen LogP contribution >= 0.6 is 11.6 Å². The summed E-state index contributed by atoms with van der Waals surface area (Å²) in [6, 6.07) is 25.8. The number of amides is 2. The van der Waals surface area contributed by atoms with Crippen molar-refractivity contribution in [1.29, 1.82) is 5.26 Å². The Balaban J connectivity index is 0.671. The number of carbonyl (C=O) groups excluding carboxylic acids is 2. The number of aromatic amines is 1. The number of carbonyl (C=O) groups is 2. The molecule has 4 aromatic carbocycles. The van der Waals surface area contributed by atoms with Gasteiger partial charge < -0.3 is 34.5 Å². The molecule has 11 rings (SSSR count). The highest BCUT2D eigenvalue weighted by Gasteiger charge is 2.37. The van der Waals surface area contributed by atoms with E-state index in [4.69, 9.17) is 26.3 Å². The smallest absolute Gasteiger partial charge is 0.348 e. The van der Waals surface area contributed by atoms with Crippen molar-refractivity contribution < 1.29 is 24.5 Å². The summed E-state index contributed by atoms with van der Waals surface area (Å²) in [6.07, 6.45) is 5.87. The summed E-state index contributed by atoms with van der Waals surface area (Å²) in [5.74, 6) is 0.971. The minimum absolute atomic E-state index is 0.00642. The Kier molecular flexibility index (Phi) is 16.4. The first-order valence-corrected chi connectivity index (χ1v) is 28.9. The van der Waals surface area contributed by atoms with Gasteiger partial charge in [-0.2, -0.15) is 20.3 Å². The largest absolute Gasteiger partial charge is 0.508 e. The number of piperidine rings is 1. The molecule has 4 saturated heterocycles. The first kappa shape index (κ1) is 55.4. The van der Waals surface area contributed by atoms with Crippen molar-refractivity contribution in [3.63, 3.8) is 0 Å². The molecule has 4 fully saturated rings. The zero-order valence-electron chi connectivity index (χ0n) is 46.5. The van der Waals surface area contributed by atoms with E-state index in [0.29, 0.717) is 73.1 Å². The molecule has 424 valence electrons. The van der Waals surface area contributed by atoms with E-state index in [1.165, 1.54) is 16.7 Å². The lowest BCUT2D eigenvalue weighted by Gasteiger charge is -2.42. The number of nitrogens with one attached hydrogen (secondary N) is 1. The molecule has 19 nitrogen and oxygen atoms in total. The fourth-order valence-electron chi connectivity index (χ4n) is 12.9. The van der Waals surface area contributed by atoms with E-state index in [1.807, 2.05) is 50.2 Å². The number of aromatic nitrogens is 5. The number of aromatic hydroxyl groups is 2. The number of anilines is 2. The number of nitriles is 1. The van der Waals surface area contributed by atoms with E-state index in [2.05, 4.69) is 83.6 Å². The van der Waals surface area contributed by atoms with Crippen LogP contribution in [0.3, 0.4) is 0 Å². The standard InChI is InChI=1S/C61H72ClN13O6/c1-5-55(78)74-31-30-73(36-45(74)18-22-63)57-47-21-25-72(52-11-7-9-41-8-6-10-50(62)56(41)52)37-51(47)64-60(65-57)81-38-46-17-16-44(68(46)4)35-70-26-28-71(29-27-70)59(79)42-19-23-69(24-20-42)34-40-12-14-43(15-13-40)75-58(66-67-61(75)80)49-32-48(39(2)3)53(76)33-54(49)77/h5-15,32-33,39,42,44-46,76-77H,1,16-21,23-31,34-38H2,2-4H3,(H,67,80)/t44-,45+,46+/m1/s1. The molecule has 0 saturated carbocycles. The van der Waals surface area contributed by atoms with Crippen molar-refractivity contribution in [3.8, 4) is 40.7 Å². The first-order chi connectivity index (χ1) is 39.2. The van der Waals surface area contributed by atoms with Crippen molar-refractivity contribution in [2.75, 3.05) is 95.4 Å². The Bertz CT molecular complexity index is 3390. The maximum atomic E-state index is 13.9. The summed E-state index contributed by atoms with van der Waals surface area (Å²) in [4.78, 5) is 65.7. The fourth-order valence-corrected chi connectivity index (χ4v) is 13.2. The van der Waals surface area contributed by atoms with Gasteiger partial charge in [-0.1, -0.05) is 68.4 Å². The molecule has 0 radical (unpaired) electrons. The number of likely N-dealkylation sites (N-methyl/N-ethyl adjacent to an activating group) is 1. The van der Waals surface area contributed by atoms with Gasteiger partial charge in [0.1, 0.15) is 23.9 Å². The van der Waals surface area contributed by atoms with Crippen molar-refractivity contribution in [2.45, 2.75) is 89.5 Å². The summed E-state index contributed by atoms with van der Waals surface area (Å²) < 4.78 is 8.04. The van der Waals surface area contributed by atoms with E-state index < -0.39 is 5.69 Å². The van der Waals surface area contributed by atoms with Crippen molar-refractivity contribution in [2.24, 2.45) is 5.92 Å². The van der Waals surface area contributed by atoms with Gasteiger partial charge in [-0.25, -0.2) is 14.5 Å². The topological polar surface area (TPSA) is 207 Å². The molecule has 2 amide bonds. The first-order valence-electron chi connectivity index (χ1n) is 28.5. The van der Waals surface area contributed by atoms with Crippen molar-refractivity contribution in [1.82, 2.24) is 49.2 Å². The van der Waals surface area contributed by atoms with E-state index >= 15 is 0 Å². The molecule has 81 heavy (non-hydrogen) atoms. The third kappa shape index (κ3) is 11.6. The molecular formula is C61H72ClN13O6. The average Bonchev–Trinajstić information content (AvgIpc) is 4.20. The van der Waals surface area contributed by atoms with Crippen LogP contribution in [-0.2, 0) is 29.1 Å². The minimum Gasteiger partial charge on any atom is -0.508 e. The molecule has 0 aliphatic carbocycles. The number of hydrogen-bond acceptors (Lipinski definition) is 15. The van der Waals surface area contributed by atoms with Crippen LogP contribution < -0.4 is 20.2 Å². The Morgan fingerprint density at radius 2 is 1.63 bits per heavy atom. The van der Waals surface area contributed by atoms with Gasteiger partial charge in [-0.15, -0.1) is 0 Å². The van der Waals surface area contributed by atoms with Crippen molar-refractivity contribution in [3.05, 3.63) is 123 Å². The number of hydrogen-bond donors (Lipinski definition) is 3. The molecule has 3 atom stereocenters. The minimum atomic E-state index is -0.436. The second-order valence-corrected chi connectivity index (χ2v) is 23.1. The van der Waals surface area contributed by atoms with Crippen LogP contribution in [0.15, 0.2) is 90.2 Å². The lowest BCUT2D eigenvalue weighted by atomic mass is 9.94. The second-order valence-electron chi connectivity index (χ2n) is 22.7. The van der Waals surface area contributed by atoms with E-state index in [9.17, 15) is 29.9 Å². The number of phenolic OH excluding ortho intramolecular Hbond substituents is 2. The van der Waals surface area contributed by atoms with Gasteiger partial charge in [0.05, 0.1) is 47.0 Å². The number of ether oxygens (including phenoxy) is 1. The fraction of sp³-hybridized carbons (Fsp3) is 0.459. The number of piperazine rings is 2. The summed E-state index contributed by atoms with van der Waals surface area (Å²) in [5.41, 5.74) is 5.26. The molecule has 0 unspecified atom stereocenters. The van der Waals surface area contributed by atoms with Crippen LogP contribution in [0.2, 0.25) is 5.02 Å². The molecule has 0 spiro atoms. The lowest BCUT2D eigenvalue weighted by molar-refractivity contribution is -0.139. The van der Waals surface area contributed by atoms with Crippen LogP contribution in [0.25, 0.3) is 27.8 Å². The van der Waals surface area contributed by atoms with Crippen molar-refractivity contribution >= 4 is 45.7 Å². The number of halogens is 1. The highest BCUT2D eigenvalue weighted by molar-refractivity contribution is 6.36. The van der Waals surface area contributed by atoms with Gasteiger partial charge in [0.25, 0.3) is 0 Å². The Morgan fingerprint density at radius 3 is 2.37 bits per heavy atom. The number of H-pyrrole nitrogens is 1. The van der Waals surface area contributed by atoms with Crippen LogP contribution in [0.4, 0.5) is 11.5 Å². The quantitative estimate of drug-likeness (QED) is 0.0891. The SMILES string of the molecule is C=CC(=O)N1CCN(c2nc(OC[C@@H]3CC[C@H](CN4CCN(C(=O)C5CCN(Cc6ccc(-n7c(-c8cc(C(C)C)c(O)cc8O)n[nH]c7=O)cc6)CC5)CC4)N3C)nc3c2CCN(c2cccc4cccc(Cl)c24)C3)C[C@@H]1CC#N. The monoisotopic (exact) mass is 1120 g/mol. The van der Waals surface area contributed by atoms with Crippen LogP contribution in [-0.4, -0.2) is 175 Å². The lowest BCUT2D eigenvalue weighted by Crippen LogP contribution is -2.55. The van der Waals surface area contributed by atoms with Crippen LogP contribution in [0.5, 0.6) is 17.5 Å². The maximum absolute atomic E-state index is 13.9. The molecule has 7 heterocycles. The van der Waals surface area contributed by atoms with Gasteiger partial charge in [0, 0.05) is 106 Å². The Hall–Kier alpha value is -7.50. The summed E-state index contributed by atoms with van der Waals surface area (Å²) >= 11 is 6.83. The number of benzene rings is 4. The average molecular weight is 1120 g/mol. The molecule has 6 aromatic rings. The van der Waals surface area contributed by atoms with E-state index in [0.717, 1.165) is 124 Å². The van der Waals surface area contributed by atoms with Crippen LogP contribution in [0, 0.1) is 17.2 Å². The number of likely N-dealkylation sites (tertiary alicyclic amines) is 2. The third-order valence-electron chi connectivity index (χ3n) is 17.5. The predicted molar refractivity (Wildman–Crippen MR) is 312 cm³/mol. The van der Waals surface area contributed by atoms with Gasteiger partial charge in [-0.05, 0) is 111 Å². The second kappa shape index (κ2) is 23.9. The number of fused-ring (bicyclic) bond motifs is 2. The molecule has 0 bridgehead atoms. The number of rotatable bonds is 15. The molecule has 3 N–H and O–H groups in total. The molecule has 5 aliphatic rings. The normalized spacial score (nSPS) is 20.5. The highest BCUT2D eigenvalue weighted by Crippen LogP contribution is 2.40.